The van der Waals surface area contributed by atoms with Crippen LogP contribution in [0.5, 0.6) is 0 Å². The normalized spacial score (nSPS) is 12.5. The van der Waals surface area contributed by atoms with Crippen molar-refractivity contribution in [3.05, 3.63) is 66.2 Å². The number of guanidine groups is 1. The van der Waals surface area contributed by atoms with Crippen LogP contribution in [0.25, 0.3) is 10.8 Å². The van der Waals surface area contributed by atoms with Gasteiger partial charge in [-0.3, -0.25) is 4.99 Å². The van der Waals surface area contributed by atoms with Gasteiger partial charge in [0.25, 0.3) is 0 Å². The summed E-state index contributed by atoms with van der Waals surface area (Å²) in [6, 6.07) is 15.2. The number of nitrogens with one attached hydrogen (secondary N) is 2. The lowest BCUT2D eigenvalue weighted by Crippen LogP contribution is -2.39. The zero-order valence-corrected chi connectivity index (χ0v) is 19.2. The van der Waals surface area contributed by atoms with Gasteiger partial charge < -0.3 is 15.2 Å². The highest BCUT2D eigenvalue weighted by molar-refractivity contribution is 14.0. The first kappa shape index (κ1) is 22.2. The molecule has 28 heavy (non-hydrogen) atoms. The van der Waals surface area contributed by atoms with Crippen molar-refractivity contribution in [2.24, 2.45) is 4.99 Å². The average molecular weight is 491 g/mol. The maximum Gasteiger partial charge on any atom is 0.191 e. The van der Waals surface area contributed by atoms with Gasteiger partial charge in [-0.15, -0.1) is 24.0 Å². The molecular formula is C22H30IN5. The molecular weight excluding hydrogens is 461 g/mol. The lowest BCUT2D eigenvalue weighted by atomic mass is 10.0. The van der Waals surface area contributed by atoms with Crippen LogP contribution in [0, 0.1) is 6.92 Å². The highest BCUT2D eigenvalue weighted by Crippen LogP contribution is 2.20. The van der Waals surface area contributed by atoms with Gasteiger partial charge in [-0.25, -0.2) is 4.98 Å². The largest absolute Gasteiger partial charge is 0.356 e. The van der Waals surface area contributed by atoms with E-state index in [4.69, 9.17) is 0 Å². The van der Waals surface area contributed by atoms with E-state index in [9.17, 15) is 0 Å². The third-order valence-electron chi connectivity index (χ3n) is 4.89. The number of halogens is 1. The van der Waals surface area contributed by atoms with Crippen LogP contribution < -0.4 is 10.6 Å². The quantitative estimate of drug-likeness (QED) is 0.219. The van der Waals surface area contributed by atoms with Gasteiger partial charge in [-0.2, -0.15) is 0 Å². The van der Waals surface area contributed by atoms with Crippen LogP contribution >= 0.6 is 24.0 Å². The van der Waals surface area contributed by atoms with Crippen molar-refractivity contribution in [2.45, 2.75) is 39.3 Å². The third-order valence-corrected chi connectivity index (χ3v) is 4.89. The molecule has 0 aliphatic heterocycles. The molecule has 6 heteroatoms. The maximum absolute atomic E-state index is 4.36. The van der Waals surface area contributed by atoms with Gasteiger partial charge in [0, 0.05) is 32.5 Å². The summed E-state index contributed by atoms with van der Waals surface area (Å²) in [7, 11) is 1.82. The molecule has 0 aliphatic carbocycles. The zero-order chi connectivity index (χ0) is 19.1. The second-order valence-corrected chi connectivity index (χ2v) is 6.85. The van der Waals surface area contributed by atoms with E-state index < -0.39 is 0 Å². The molecule has 0 radical (unpaired) electrons. The first-order chi connectivity index (χ1) is 13.2. The van der Waals surface area contributed by atoms with Crippen LogP contribution in [0.4, 0.5) is 0 Å². The van der Waals surface area contributed by atoms with E-state index in [2.05, 4.69) is 74.6 Å². The molecule has 1 aromatic heterocycles. The molecule has 0 spiro atoms. The summed E-state index contributed by atoms with van der Waals surface area (Å²) in [4.78, 5) is 8.61. The van der Waals surface area contributed by atoms with E-state index in [-0.39, 0.29) is 30.0 Å². The van der Waals surface area contributed by atoms with Crippen molar-refractivity contribution in [1.29, 1.82) is 0 Å². The summed E-state index contributed by atoms with van der Waals surface area (Å²) in [5, 5.41) is 9.43. The van der Waals surface area contributed by atoms with Gasteiger partial charge in [0.2, 0.25) is 0 Å². The Morgan fingerprint density at radius 2 is 1.93 bits per heavy atom. The van der Waals surface area contributed by atoms with Crippen LogP contribution in [0.15, 0.2) is 59.9 Å². The molecule has 0 fully saturated rings. The molecule has 0 amide bonds. The van der Waals surface area contributed by atoms with E-state index in [0.29, 0.717) is 0 Å². The number of unbranched alkanes of at least 4 members (excludes halogenated alkanes) is 1. The number of aliphatic imine (C=N–C) groups is 1. The number of rotatable bonds is 7. The Bertz CT molecular complexity index is 903. The predicted octanol–water partition coefficient (Wildman–Crippen LogP) is 4.67. The monoisotopic (exact) mass is 491 g/mol. The van der Waals surface area contributed by atoms with E-state index >= 15 is 0 Å². The molecule has 3 rings (SSSR count). The summed E-state index contributed by atoms with van der Waals surface area (Å²) < 4.78 is 2.19. The van der Waals surface area contributed by atoms with Gasteiger partial charge in [0.15, 0.2) is 5.96 Å². The van der Waals surface area contributed by atoms with Crippen LogP contribution in [-0.4, -0.2) is 29.1 Å². The van der Waals surface area contributed by atoms with Gasteiger partial charge in [0.05, 0.1) is 6.04 Å². The second-order valence-electron chi connectivity index (χ2n) is 6.85. The number of imidazole rings is 1. The zero-order valence-electron chi connectivity index (χ0n) is 16.9. The standard InChI is InChI=1S/C22H29N5.HI/c1-17(20-11-10-19-8-4-5-9-21(19)16-20)26-22(23-3)25-12-6-7-14-27-15-13-24-18(27)2;/h4-5,8-11,13,15-17H,6-7,12,14H2,1-3H3,(H2,23,25,26);1H. The number of aromatic nitrogens is 2. The molecule has 0 saturated carbocycles. The van der Waals surface area contributed by atoms with Crippen molar-refractivity contribution >= 4 is 40.7 Å². The topological polar surface area (TPSA) is 54.2 Å². The number of benzene rings is 2. The van der Waals surface area contributed by atoms with Crippen LogP contribution in [0.1, 0.15) is 37.2 Å². The third kappa shape index (κ3) is 5.95. The molecule has 0 saturated heterocycles. The smallest absolute Gasteiger partial charge is 0.191 e. The molecule has 1 atom stereocenters. The van der Waals surface area contributed by atoms with Gasteiger partial charge in [-0.05, 0) is 49.1 Å². The van der Waals surface area contributed by atoms with Crippen LogP contribution in [0.3, 0.4) is 0 Å². The lowest BCUT2D eigenvalue weighted by Gasteiger charge is -2.19. The number of hydrogen-bond acceptors (Lipinski definition) is 2. The molecule has 1 heterocycles. The van der Waals surface area contributed by atoms with Crippen molar-refractivity contribution in [3.8, 4) is 0 Å². The fourth-order valence-corrected chi connectivity index (χ4v) is 3.21. The van der Waals surface area contributed by atoms with E-state index in [1.807, 2.05) is 26.4 Å². The Hall–Kier alpha value is -2.09. The highest BCUT2D eigenvalue weighted by Gasteiger charge is 2.08. The Kier molecular flexibility index (Phi) is 8.76. The van der Waals surface area contributed by atoms with Gasteiger partial charge in [0.1, 0.15) is 5.82 Å². The summed E-state index contributed by atoms with van der Waals surface area (Å²) in [6.45, 7) is 6.11. The van der Waals surface area contributed by atoms with Gasteiger partial charge in [-0.1, -0.05) is 36.4 Å². The van der Waals surface area contributed by atoms with Gasteiger partial charge >= 0.3 is 0 Å². The summed E-state index contributed by atoms with van der Waals surface area (Å²) in [5.74, 6) is 1.92. The molecule has 1 unspecified atom stereocenters. The second kappa shape index (κ2) is 11.0. The molecule has 0 aliphatic rings. The minimum Gasteiger partial charge on any atom is -0.356 e. The Balaban J connectivity index is 0.00000280. The fourth-order valence-electron chi connectivity index (χ4n) is 3.21. The van der Waals surface area contributed by atoms with Crippen LogP contribution in [0.2, 0.25) is 0 Å². The summed E-state index contributed by atoms with van der Waals surface area (Å²) in [5.41, 5.74) is 1.26. The Morgan fingerprint density at radius 3 is 2.64 bits per heavy atom. The van der Waals surface area contributed by atoms with Crippen molar-refractivity contribution in [3.63, 3.8) is 0 Å². The average Bonchev–Trinajstić information content (AvgIpc) is 3.11. The minimum atomic E-state index is 0. The van der Waals surface area contributed by atoms with Crippen molar-refractivity contribution in [2.75, 3.05) is 13.6 Å². The van der Waals surface area contributed by atoms with Crippen LogP contribution in [-0.2, 0) is 6.54 Å². The van der Waals surface area contributed by atoms with Crippen molar-refractivity contribution < 1.29 is 0 Å². The minimum absolute atomic E-state index is 0. The highest BCUT2D eigenvalue weighted by atomic mass is 127. The van der Waals surface area contributed by atoms with Crippen molar-refractivity contribution in [1.82, 2.24) is 20.2 Å². The molecule has 3 aromatic rings. The Morgan fingerprint density at radius 1 is 1.14 bits per heavy atom. The molecule has 2 aromatic carbocycles. The number of fused-ring (bicyclic) bond motifs is 1. The SMILES string of the molecule is CN=C(NCCCCn1ccnc1C)NC(C)c1ccc2ccccc2c1.I. The Labute approximate surface area is 184 Å². The van der Waals surface area contributed by atoms with E-state index in [1.165, 1.54) is 16.3 Å². The van der Waals surface area contributed by atoms with E-state index in [0.717, 1.165) is 37.7 Å². The fraction of sp³-hybridized carbons (Fsp3) is 0.364. The molecule has 150 valence electrons. The first-order valence-corrected chi connectivity index (χ1v) is 9.61. The first-order valence-electron chi connectivity index (χ1n) is 9.61. The summed E-state index contributed by atoms with van der Waals surface area (Å²) in [6.07, 6.45) is 6.09. The maximum atomic E-state index is 4.36. The van der Waals surface area contributed by atoms with E-state index in [1.54, 1.807) is 0 Å². The molecule has 5 nitrogen and oxygen atoms in total. The number of aryl methyl sites for hydroxylation is 2. The molecule has 2 N–H and O–H groups in total. The lowest BCUT2D eigenvalue weighted by molar-refractivity contribution is 0.585. The summed E-state index contributed by atoms with van der Waals surface area (Å²) >= 11 is 0. The number of hydrogen-bond donors (Lipinski definition) is 2. The molecule has 0 bridgehead atoms. The number of nitrogens with zero attached hydrogens (tertiary/aromatic N) is 3. The predicted molar refractivity (Wildman–Crippen MR) is 128 cm³/mol.